The fourth-order valence-electron chi connectivity index (χ4n) is 3.76. The van der Waals surface area contributed by atoms with Gasteiger partial charge in [0.2, 0.25) is 0 Å². The Hall–Kier alpha value is -2.96. The molecular formula is C26H23N3OS2. The summed E-state index contributed by atoms with van der Waals surface area (Å²) in [6.07, 6.45) is 1.76. The van der Waals surface area contributed by atoms with Crippen molar-refractivity contribution in [2.75, 3.05) is 0 Å². The van der Waals surface area contributed by atoms with Gasteiger partial charge in [0, 0.05) is 17.3 Å². The van der Waals surface area contributed by atoms with E-state index in [1.54, 1.807) is 18.0 Å². The summed E-state index contributed by atoms with van der Waals surface area (Å²) < 4.78 is 2.49. The van der Waals surface area contributed by atoms with Crippen molar-refractivity contribution < 1.29 is 0 Å². The van der Waals surface area contributed by atoms with Crippen molar-refractivity contribution in [1.82, 2.24) is 14.5 Å². The SMILES string of the molecule is Cc1ccc(Cn2c(SCc3cc(C)ccc3C)nc3c(sc4ncccc43)c2=O)cc1. The minimum Gasteiger partial charge on any atom is -0.282 e. The summed E-state index contributed by atoms with van der Waals surface area (Å²) in [6, 6.07) is 18.7. The van der Waals surface area contributed by atoms with Crippen LogP contribution in [0.15, 0.2) is 70.7 Å². The molecule has 0 saturated carbocycles. The number of thiophene rings is 1. The summed E-state index contributed by atoms with van der Waals surface area (Å²) in [5.74, 6) is 0.764. The van der Waals surface area contributed by atoms with Gasteiger partial charge in [-0.1, -0.05) is 65.4 Å². The van der Waals surface area contributed by atoms with Gasteiger partial charge in [0.05, 0.1) is 12.1 Å². The lowest BCUT2D eigenvalue weighted by molar-refractivity contribution is 0.659. The zero-order valence-electron chi connectivity index (χ0n) is 18.3. The lowest BCUT2D eigenvalue weighted by atomic mass is 10.1. The smallest absolute Gasteiger partial charge is 0.272 e. The maximum absolute atomic E-state index is 13.6. The van der Waals surface area contributed by atoms with Gasteiger partial charge in [-0.2, -0.15) is 0 Å². The topological polar surface area (TPSA) is 47.8 Å². The maximum Gasteiger partial charge on any atom is 0.272 e. The Bertz CT molecular complexity index is 1500. The molecule has 32 heavy (non-hydrogen) atoms. The van der Waals surface area contributed by atoms with E-state index in [4.69, 9.17) is 4.98 Å². The van der Waals surface area contributed by atoms with Crippen LogP contribution in [0.2, 0.25) is 0 Å². The molecule has 0 fully saturated rings. The average Bonchev–Trinajstić information content (AvgIpc) is 3.17. The number of pyridine rings is 1. The molecule has 3 aromatic heterocycles. The van der Waals surface area contributed by atoms with Crippen LogP contribution in [0.3, 0.4) is 0 Å². The average molecular weight is 458 g/mol. The first-order chi connectivity index (χ1) is 15.5. The fourth-order valence-corrected chi connectivity index (χ4v) is 5.85. The Balaban J connectivity index is 1.63. The summed E-state index contributed by atoms with van der Waals surface area (Å²) in [5.41, 5.74) is 6.81. The Morgan fingerprint density at radius 1 is 1.00 bits per heavy atom. The van der Waals surface area contributed by atoms with Crippen LogP contribution in [0.4, 0.5) is 0 Å². The molecule has 0 aliphatic heterocycles. The Labute approximate surface area is 195 Å². The third-order valence-corrected chi connectivity index (χ3v) is 7.76. The summed E-state index contributed by atoms with van der Waals surface area (Å²) in [5, 5.41) is 1.69. The third kappa shape index (κ3) is 3.96. The predicted octanol–water partition coefficient (Wildman–Crippen LogP) is 6.27. The highest BCUT2D eigenvalue weighted by atomic mass is 32.2. The minimum atomic E-state index is 0.00189. The van der Waals surface area contributed by atoms with Crippen LogP contribution >= 0.6 is 23.1 Å². The molecule has 0 saturated heterocycles. The third-order valence-electron chi connectivity index (χ3n) is 5.64. The second-order valence-electron chi connectivity index (χ2n) is 8.13. The monoisotopic (exact) mass is 457 g/mol. The van der Waals surface area contributed by atoms with Crippen LogP contribution in [0.1, 0.15) is 27.8 Å². The first-order valence-corrected chi connectivity index (χ1v) is 12.3. The van der Waals surface area contributed by atoms with Crippen molar-refractivity contribution in [3.63, 3.8) is 0 Å². The molecule has 0 spiro atoms. The van der Waals surface area contributed by atoms with E-state index in [1.165, 1.54) is 33.6 Å². The van der Waals surface area contributed by atoms with Gasteiger partial charge in [0.25, 0.3) is 5.56 Å². The van der Waals surface area contributed by atoms with Gasteiger partial charge in [-0.15, -0.1) is 11.3 Å². The quantitative estimate of drug-likeness (QED) is 0.230. The molecule has 6 heteroatoms. The van der Waals surface area contributed by atoms with Gasteiger partial charge < -0.3 is 0 Å². The molecule has 0 unspecified atom stereocenters. The van der Waals surface area contributed by atoms with Crippen LogP contribution in [0.5, 0.6) is 0 Å². The zero-order valence-corrected chi connectivity index (χ0v) is 19.9. The zero-order chi connectivity index (χ0) is 22.2. The van der Waals surface area contributed by atoms with E-state index in [0.29, 0.717) is 11.2 Å². The van der Waals surface area contributed by atoms with Gasteiger partial charge in [-0.3, -0.25) is 9.36 Å². The number of hydrogen-bond acceptors (Lipinski definition) is 5. The number of rotatable bonds is 5. The summed E-state index contributed by atoms with van der Waals surface area (Å²) in [7, 11) is 0. The second-order valence-corrected chi connectivity index (χ2v) is 10.1. The number of aryl methyl sites for hydroxylation is 3. The van der Waals surface area contributed by atoms with E-state index in [9.17, 15) is 4.79 Å². The van der Waals surface area contributed by atoms with Gasteiger partial charge >= 0.3 is 0 Å². The highest BCUT2D eigenvalue weighted by molar-refractivity contribution is 7.98. The highest BCUT2D eigenvalue weighted by Crippen LogP contribution is 2.32. The van der Waals surface area contributed by atoms with Gasteiger partial charge in [-0.25, -0.2) is 9.97 Å². The molecule has 160 valence electrons. The number of nitrogens with zero attached hydrogens (tertiary/aromatic N) is 3. The van der Waals surface area contributed by atoms with Crippen LogP contribution in [-0.4, -0.2) is 14.5 Å². The van der Waals surface area contributed by atoms with Crippen molar-refractivity contribution in [1.29, 1.82) is 0 Å². The summed E-state index contributed by atoms with van der Waals surface area (Å²) in [6.45, 7) is 6.80. The molecular weight excluding hydrogens is 434 g/mol. The first kappa shape index (κ1) is 20.9. The van der Waals surface area contributed by atoms with Crippen molar-refractivity contribution in [3.8, 4) is 0 Å². The molecule has 2 aromatic carbocycles. The molecule has 4 nitrogen and oxygen atoms in total. The summed E-state index contributed by atoms with van der Waals surface area (Å²) >= 11 is 3.05. The molecule has 0 aliphatic rings. The van der Waals surface area contributed by atoms with E-state index in [0.717, 1.165) is 32.2 Å². The van der Waals surface area contributed by atoms with Gasteiger partial charge in [-0.05, 0) is 49.6 Å². The van der Waals surface area contributed by atoms with Crippen LogP contribution in [0, 0.1) is 20.8 Å². The Morgan fingerprint density at radius 3 is 2.59 bits per heavy atom. The van der Waals surface area contributed by atoms with Crippen LogP contribution < -0.4 is 5.56 Å². The molecule has 0 bridgehead atoms. The molecule has 0 radical (unpaired) electrons. The fraction of sp³-hybridized carbons (Fsp3) is 0.192. The van der Waals surface area contributed by atoms with Crippen LogP contribution in [-0.2, 0) is 12.3 Å². The Kier molecular flexibility index (Phi) is 5.57. The lowest BCUT2D eigenvalue weighted by Crippen LogP contribution is -2.23. The van der Waals surface area contributed by atoms with Gasteiger partial charge in [0.1, 0.15) is 9.53 Å². The maximum atomic E-state index is 13.6. The largest absolute Gasteiger partial charge is 0.282 e. The van der Waals surface area contributed by atoms with E-state index >= 15 is 0 Å². The molecule has 5 aromatic rings. The van der Waals surface area contributed by atoms with Crippen molar-refractivity contribution >= 4 is 43.5 Å². The number of thioether (sulfide) groups is 1. The molecule has 3 heterocycles. The number of hydrogen-bond donors (Lipinski definition) is 0. The molecule has 0 atom stereocenters. The van der Waals surface area contributed by atoms with E-state index < -0.39 is 0 Å². The first-order valence-electron chi connectivity index (χ1n) is 10.5. The Morgan fingerprint density at radius 2 is 1.78 bits per heavy atom. The number of benzene rings is 2. The lowest BCUT2D eigenvalue weighted by Gasteiger charge is -2.13. The van der Waals surface area contributed by atoms with Crippen molar-refractivity contribution in [2.24, 2.45) is 0 Å². The number of fused-ring (bicyclic) bond motifs is 3. The molecule has 0 N–H and O–H groups in total. The van der Waals surface area contributed by atoms with E-state index in [-0.39, 0.29) is 5.56 Å². The number of aromatic nitrogens is 3. The van der Waals surface area contributed by atoms with Crippen molar-refractivity contribution in [3.05, 3.63) is 99.0 Å². The van der Waals surface area contributed by atoms with Crippen LogP contribution in [0.25, 0.3) is 20.4 Å². The molecule has 0 aliphatic carbocycles. The van der Waals surface area contributed by atoms with Crippen molar-refractivity contribution in [2.45, 2.75) is 38.2 Å². The summed E-state index contributed by atoms with van der Waals surface area (Å²) in [4.78, 5) is 23.9. The van der Waals surface area contributed by atoms with E-state index in [1.807, 2.05) is 16.7 Å². The van der Waals surface area contributed by atoms with Gasteiger partial charge in [0.15, 0.2) is 5.16 Å². The highest BCUT2D eigenvalue weighted by Gasteiger charge is 2.17. The minimum absolute atomic E-state index is 0.00189. The second kappa shape index (κ2) is 8.52. The normalized spacial score (nSPS) is 11.5. The van der Waals surface area contributed by atoms with E-state index in [2.05, 4.69) is 68.2 Å². The standard InChI is InChI=1S/C26H23N3OS2/c1-16-7-10-19(11-8-16)14-29-25(30)23-22(21-5-4-12-27-24(21)32-23)28-26(29)31-15-20-13-17(2)6-9-18(20)3/h4-13H,14-15H2,1-3H3. The molecule has 0 amide bonds. The molecule has 5 rings (SSSR count). The predicted molar refractivity (Wildman–Crippen MR) is 135 cm³/mol.